The van der Waals surface area contributed by atoms with Crippen molar-refractivity contribution in [3.05, 3.63) is 29.8 Å². The van der Waals surface area contributed by atoms with Crippen LogP contribution in [0.1, 0.15) is 32.8 Å². The zero-order chi connectivity index (χ0) is 10.4. The number of hydrogen-bond acceptors (Lipinski definition) is 1. The summed E-state index contributed by atoms with van der Waals surface area (Å²) in [6, 6.07) is 8.25. The predicted octanol–water partition coefficient (Wildman–Crippen LogP) is 3.67. The third kappa shape index (κ3) is 3.82. The lowest BCUT2D eigenvalue weighted by Crippen LogP contribution is -2.07. The summed E-state index contributed by atoms with van der Waals surface area (Å²) in [6.45, 7) is 7.39. The minimum Gasteiger partial charge on any atom is -0.493 e. The van der Waals surface area contributed by atoms with Crippen molar-refractivity contribution in [1.29, 1.82) is 0 Å². The van der Waals surface area contributed by atoms with Gasteiger partial charge < -0.3 is 4.74 Å². The summed E-state index contributed by atoms with van der Waals surface area (Å²) < 4.78 is 5.42. The van der Waals surface area contributed by atoms with Gasteiger partial charge in [0.05, 0.1) is 6.61 Å². The van der Waals surface area contributed by atoms with E-state index in [2.05, 4.69) is 32.9 Å². The van der Waals surface area contributed by atoms with Crippen LogP contribution in [0.25, 0.3) is 0 Å². The third-order valence-electron chi connectivity index (χ3n) is 1.82. The second-order valence-corrected chi connectivity index (χ2v) is 4.29. The maximum Gasteiger partial charge on any atom is 0.122 e. The summed E-state index contributed by atoms with van der Waals surface area (Å²) in [6.07, 6.45) is 2.34. The van der Waals surface area contributed by atoms with Crippen molar-refractivity contribution >= 4 is 0 Å². The number of ether oxygens (including phenoxy) is 1. The molecule has 1 aromatic carbocycles. The number of para-hydroxylation sites is 1. The lowest BCUT2D eigenvalue weighted by atomic mass is 10.1. The molecule has 0 atom stereocenters. The number of benzene rings is 1. The Labute approximate surface area is 87.1 Å². The molecule has 0 bridgehead atoms. The van der Waals surface area contributed by atoms with Crippen molar-refractivity contribution in [2.75, 3.05) is 6.61 Å². The number of fused-ring (bicyclic) bond motifs is 1. The van der Waals surface area contributed by atoms with Crippen molar-refractivity contribution in [1.82, 2.24) is 0 Å². The molecule has 78 valence electrons. The Morgan fingerprint density at radius 2 is 1.79 bits per heavy atom. The van der Waals surface area contributed by atoms with Crippen LogP contribution in [0, 0.1) is 5.92 Å². The highest BCUT2D eigenvalue weighted by atomic mass is 16.5. The van der Waals surface area contributed by atoms with Crippen molar-refractivity contribution < 1.29 is 4.74 Å². The van der Waals surface area contributed by atoms with Gasteiger partial charge in [-0.3, -0.25) is 0 Å². The first-order valence-corrected chi connectivity index (χ1v) is 5.41. The summed E-state index contributed by atoms with van der Waals surface area (Å²) in [5, 5.41) is 0. The summed E-state index contributed by atoms with van der Waals surface area (Å²) >= 11 is 0. The lowest BCUT2D eigenvalue weighted by molar-refractivity contribution is 0.288. The van der Waals surface area contributed by atoms with Crippen LogP contribution in [0.15, 0.2) is 24.3 Å². The summed E-state index contributed by atoms with van der Waals surface area (Å²) in [4.78, 5) is 0. The predicted molar refractivity (Wildman–Crippen MR) is 60.8 cm³/mol. The first-order valence-electron chi connectivity index (χ1n) is 5.41. The molecule has 1 heterocycles. The number of rotatable bonds is 0. The number of hydrogen-bond donors (Lipinski definition) is 0. The van der Waals surface area contributed by atoms with Gasteiger partial charge in [0, 0.05) is 0 Å². The maximum atomic E-state index is 5.42. The Kier molecular flexibility index (Phi) is 4.51. The molecule has 1 heteroatoms. The van der Waals surface area contributed by atoms with Crippen molar-refractivity contribution in [3.8, 4) is 5.75 Å². The number of aryl methyl sites for hydroxylation is 1. The molecule has 0 fully saturated rings. The van der Waals surface area contributed by atoms with E-state index in [1.165, 1.54) is 12.0 Å². The van der Waals surface area contributed by atoms with Crippen LogP contribution >= 0.6 is 0 Å². The fraction of sp³-hybridized carbons (Fsp3) is 0.538. The van der Waals surface area contributed by atoms with Crippen LogP contribution in [-0.4, -0.2) is 6.61 Å². The second kappa shape index (κ2) is 5.69. The molecule has 0 unspecified atom stereocenters. The van der Waals surface area contributed by atoms with E-state index in [0.717, 1.165) is 24.7 Å². The molecule has 0 saturated carbocycles. The first kappa shape index (κ1) is 11.1. The van der Waals surface area contributed by atoms with Gasteiger partial charge in [-0.25, -0.2) is 0 Å². The van der Waals surface area contributed by atoms with E-state index in [-0.39, 0.29) is 0 Å². The van der Waals surface area contributed by atoms with Gasteiger partial charge in [0.2, 0.25) is 0 Å². The zero-order valence-electron chi connectivity index (χ0n) is 9.42. The molecule has 0 spiro atoms. The average molecular weight is 192 g/mol. The van der Waals surface area contributed by atoms with Gasteiger partial charge in [0.1, 0.15) is 5.75 Å². The smallest absolute Gasteiger partial charge is 0.122 e. The second-order valence-electron chi connectivity index (χ2n) is 4.29. The van der Waals surface area contributed by atoms with E-state index in [0.29, 0.717) is 0 Å². The van der Waals surface area contributed by atoms with E-state index < -0.39 is 0 Å². The van der Waals surface area contributed by atoms with Gasteiger partial charge in [-0.1, -0.05) is 39.0 Å². The minimum absolute atomic E-state index is 0.833. The first-order chi connectivity index (χ1) is 6.70. The molecular formula is C13H20O. The highest BCUT2D eigenvalue weighted by molar-refractivity contribution is 5.34. The summed E-state index contributed by atoms with van der Waals surface area (Å²) in [5.41, 5.74) is 1.36. The highest BCUT2D eigenvalue weighted by Gasteiger charge is 2.06. The van der Waals surface area contributed by atoms with E-state index in [1.807, 2.05) is 12.1 Å². The van der Waals surface area contributed by atoms with Gasteiger partial charge >= 0.3 is 0 Å². The van der Waals surface area contributed by atoms with Gasteiger partial charge in [0.15, 0.2) is 0 Å². The van der Waals surface area contributed by atoms with E-state index in [1.54, 1.807) is 0 Å². The molecule has 0 amide bonds. The van der Waals surface area contributed by atoms with Gasteiger partial charge in [-0.2, -0.15) is 0 Å². The SMILES string of the molecule is CC(C)C.c1ccc2c(c1)CCCO2. The molecule has 1 aromatic rings. The van der Waals surface area contributed by atoms with Crippen molar-refractivity contribution in [3.63, 3.8) is 0 Å². The highest BCUT2D eigenvalue weighted by Crippen LogP contribution is 2.22. The van der Waals surface area contributed by atoms with E-state index >= 15 is 0 Å². The topological polar surface area (TPSA) is 9.23 Å². The van der Waals surface area contributed by atoms with Crippen LogP contribution < -0.4 is 4.74 Å². The fourth-order valence-corrected chi connectivity index (χ4v) is 1.30. The molecule has 1 aliphatic heterocycles. The fourth-order valence-electron chi connectivity index (χ4n) is 1.30. The Morgan fingerprint density at radius 1 is 1.14 bits per heavy atom. The van der Waals surface area contributed by atoms with Crippen LogP contribution in [-0.2, 0) is 6.42 Å². The monoisotopic (exact) mass is 192 g/mol. The normalized spacial score (nSPS) is 13.7. The molecule has 14 heavy (non-hydrogen) atoms. The molecule has 0 N–H and O–H groups in total. The lowest BCUT2D eigenvalue weighted by Gasteiger charge is -2.15. The van der Waals surface area contributed by atoms with Crippen LogP contribution in [0.4, 0.5) is 0 Å². The Hall–Kier alpha value is -0.980. The maximum absolute atomic E-state index is 5.42. The molecule has 1 aliphatic rings. The van der Waals surface area contributed by atoms with E-state index in [4.69, 9.17) is 4.74 Å². The summed E-state index contributed by atoms with van der Waals surface area (Å²) in [7, 11) is 0. The minimum atomic E-state index is 0.833. The quantitative estimate of drug-likeness (QED) is 0.609. The van der Waals surface area contributed by atoms with Crippen LogP contribution in [0.2, 0.25) is 0 Å². The van der Waals surface area contributed by atoms with Crippen LogP contribution in [0.5, 0.6) is 5.75 Å². The van der Waals surface area contributed by atoms with Gasteiger partial charge in [-0.05, 0) is 30.4 Å². The Bertz CT molecular complexity index is 238. The van der Waals surface area contributed by atoms with Gasteiger partial charge in [-0.15, -0.1) is 0 Å². The third-order valence-corrected chi connectivity index (χ3v) is 1.82. The molecule has 0 aromatic heterocycles. The summed E-state index contributed by atoms with van der Waals surface area (Å²) in [5.74, 6) is 1.91. The van der Waals surface area contributed by atoms with Crippen molar-refractivity contribution in [2.45, 2.75) is 33.6 Å². The van der Waals surface area contributed by atoms with Crippen molar-refractivity contribution in [2.24, 2.45) is 5.92 Å². The molecule has 2 rings (SSSR count). The zero-order valence-corrected chi connectivity index (χ0v) is 9.42. The molecule has 0 saturated heterocycles. The Morgan fingerprint density at radius 3 is 2.43 bits per heavy atom. The standard InChI is InChI=1S/C9H10O.C4H10/c1-2-6-9-8(4-1)5-3-7-10-9;1-4(2)3/h1-2,4,6H,3,5,7H2;4H,1-3H3. The average Bonchev–Trinajstić information content (AvgIpc) is 2.17. The molecular weight excluding hydrogens is 172 g/mol. The largest absolute Gasteiger partial charge is 0.493 e. The molecule has 0 aliphatic carbocycles. The van der Waals surface area contributed by atoms with E-state index in [9.17, 15) is 0 Å². The van der Waals surface area contributed by atoms with Gasteiger partial charge in [0.25, 0.3) is 0 Å². The van der Waals surface area contributed by atoms with Crippen LogP contribution in [0.3, 0.4) is 0 Å². The molecule has 1 nitrogen and oxygen atoms in total. The Balaban J connectivity index is 0.000000213. The molecule has 0 radical (unpaired) electrons.